The Bertz CT molecular complexity index is 693. The van der Waals surface area contributed by atoms with Gasteiger partial charge in [-0.25, -0.2) is 4.68 Å². The maximum absolute atomic E-state index is 12.3. The van der Waals surface area contributed by atoms with Crippen LogP contribution in [-0.4, -0.2) is 32.9 Å². The summed E-state index contributed by atoms with van der Waals surface area (Å²) in [7, 11) is 0. The third-order valence-electron chi connectivity index (χ3n) is 4.11. The zero-order valence-corrected chi connectivity index (χ0v) is 14.4. The van der Waals surface area contributed by atoms with E-state index in [0.29, 0.717) is 23.6 Å². The number of hydrogen-bond acceptors (Lipinski definition) is 3. The lowest BCUT2D eigenvalue weighted by Gasteiger charge is -2.25. The quantitative estimate of drug-likeness (QED) is 0.852. The molecule has 0 aliphatic heterocycles. The van der Waals surface area contributed by atoms with Gasteiger partial charge in [-0.15, -0.1) is 0 Å². The summed E-state index contributed by atoms with van der Waals surface area (Å²) < 4.78 is 1.60. The molecule has 1 aromatic carbocycles. The highest BCUT2D eigenvalue weighted by Crippen LogP contribution is 2.20. The fourth-order valence-electron chi connectivity index (χ4n) is 2.27. The summed E-state index contributed by atoms with van der Waals surface area (Å²) >= 11 is 6.16. The van der Waals surface area contributed by atoms with Crippen LogP contribution < -0.4 is 5.32 Å². The molecule has 0 bridgehead atoms. The van der Waals surface area contributed by atoms with Gasteiger partial charge in [-0.3, -0.25) is 4.79 Å². The molecule has 2 N–H and O–H groups in total. The van der Waals surface area contributed by atoms with Crippen molar-refractivity contribution in [2.24, 2.45) is 0 Å². The van der Waals surface area contributed by atoms with Crippen LogP contribution >= 0.6 is 11.6 Å². The number of carbonyl (C=O) groups is 1. The molecule has 124 valence electrons. The van der Waals surface area contributed by atoms with Crippen molar-refractivity contribution in [3.8, 4) is 5.69 Å². The molecule has 0 saturated carbocycles. The molecule has 0 unspecified atom stereocenters. The van der Waals surface area contributed by atoms with Gasteiger partial charge in [-0.1, -0.05) is 37.6 Å². The molecule has 2 aromatic rings. The minimum atomic E-state index is -0.880. The van der Waals surface area contributed by atoms with Crippen LogP contribution in [0.1, 0.15) is 42.7 Å². The molecule has 0 fully saturated rings. The number of para-hydroxylation sites is 1. The van der Waals surface area contributed by atoms with Gasteiger partial charge in [-0.05, 0) is 31.9 Å². The fourth-order valence-corrected chi connectivity index (χ4v) is 2.50. The SMILES string of the molecule is CCC(O)(CC)CNC(=O)c1nn(-c2ccccc2Cl)cc1C. The third-order valence-corrected chi connectivity index (χ3v) is 4.43. The molecular formula is C17H22ClN3O2. The van der Waals surface area contributed by atoms with Gasteiger partial charge in [0.15, 0.2) is 5.69 Å². The summed E-state index contributed by atoms with van der Waals surface area (Å²) in [6, 6.07) is 7.31. The van der Waals surface area contributed by atoms with Crippen LogP contribution in [0, 0.1) is 6.92 Å². The van der Waals surface area contributed by atoms with E-state index in [0.717, 1.165) is 11.3 Å². The highest BCUT2D eigenvalue weighted by atomic mass is 35.5. The Morgan fingerprint density at radius 1 is 1.35 bits per heavy atom. The van der Waals surface area contributed by atoms with E-state index in [1.165, 1.54) is 0 Å². The molecular weight excluding hydrogens is 314 g/mol. The molecule has 0 aliphatic carbocycles. The van der Waals surface area contributed by atoms with Crippen LogP contribution in [-0.2, 0) is 0 Å². The van der Waals surface area contributed by atoms with Crippen molar-refractivity contribution in [3.05, 3.63) is 46.7 Å². The number of amides is 1. The van der Waals surface area contributed by atoms with Crippen molar-refractivity contribution < 1.29 is 9.90 Å². The van der Waals surface area contributed by atoms with Gasteiger partial charge in [0, 0.05) is 18.3 Å². The van der Waals surface area contributed by atoms with Crippen LogP contribution in [0.4, 0.5) is 0 Å². The number of benzene rings is 1. The average Bonchev–Trinajstić information content (AvgIpc) is 2.94. The molecule has 6 heteroatoms. The number of aromatic nitrogens is 2. The summed E-state index contributed by atoms with van der Waals surface area (Å²) in [4.78, 5) is 12.3. The van der Waals surface area contributed by atoms with Crippen LogP contribution in [0.2, 0.25) is 5.02 Å². The maximum atomic E-state index is 12.3. The smallest absolute Gasteiger partial charge is 0.272 e. The topological polar surface area (TPSA) is 67.2 Å². The minimum absolute atomic E-state index is 0.206. The normalized spacial score (nSPS) is 11.5. The van der Waals surface area contributed by atoms with Crippen molar-refractivity contribution in [3.63, 3.8) is 0 Å². The van der Waals surface area contributed by atoms with E-state index in [2.05, 4.69) is 10.4 Å². The largest absolute Gasteiger partial charge is 0.388 e. The Morgan fingerprint density at radius 2 is 2.00 bits per heavy atom. The van der Waals surface area contributed by atoms with E-state index in [4.69, 9.17) is 11.6 Å². The van der Waals surface area contributed by atoms with Crippen molar-refractivity contribution in [2.45, 2.75) is 39.2 Å². The predicted molar refractivity (Wildman–Crippen MR) is 91.2 cm³/mol. The number of aryl methyl sites for hydroxylation is 1. The first kappa shape index (κ1) is 17.5. The third kappa shape index (κ3) is 3.92. The molecule has 0 radical (unpaired) electrons. The number of hydrogen-bond donors (Lipinski definition) is 2. The van der Waals surface area contributed by atoms with Crippen molar-refractivity contribution in [2.75, 3.05) is 6.54 Å². The highest BCUT2D eigenvalue weighted by molar-refractivity contribution is 6.32. The summed E-state index contributed by atoms with van der Waals surface area (Å²) in [5, 5.41) is 17.9. The standard InChI is InChI=1S/C17H22ClN3O2/c1-4-17(23,5-2)11-19-16(22)15-12(3)10-21(20-15)14-9-7-6-8-13(14)18/h6-10,23H,4-5,11H2,1-3H3,(H,19,22). The number of halogens is 1. The molecule has 5 nitrogen and oxygen atoms in total. The Balaban J connectivity index is 2.18. The van der Waals surface area contributed by atoms with E-state index in [9.17, 15) is 9.90 Å². The van der Waals surface area contributed by atoms with Crippen LogP contribution in [0.3, 0.4) is 0 Å². The summed E-state index contributed by atoms with van der Waals surface area (Å²) in [6.07, 6.45) is 2.93. The van der Waals surface area contributed by atoms with Crippen LogP contribution in [0.15, 0.2) is 30.5 Å². The summed E-state index contributed by atoms with van der Waals surface area (Å²) in [5.74, 6) is -0.298. The van der Waals surface area contributed by atoms with Gasteiger partial charge in [0.05, 0.1) is 16.3 Å². The molecule has 0 aliphatic rings. The molecule has 2 rings (SSSR count). The Hall–Kier alpha value is -1.85. The van der Waals surface area contributed by atoms with Gasteiger partial charge in [0.1, 0.15) is 0 Å². The number of nitrogens with zero attached hydrogens (tertiary/aromatic N) is 2. The maximum Gasteiger partial charge on any atom is 0.272 e. The van der Waals surface area contributed by atoms with Gasteiger partial charge in [0.25, 0.3) is 5.91 Å². The molecule has 1 amide bonds. The number of nitrogens with one attached hydrogen (secondary N) is 1. The lowest BCUT2D eigenvalue weighted by atomic mass is 9.97. The summed E-state index contributed by atoms with van der Waals surface area (Å²) in [6.45, 7) is 5.82. The first-order chi connectivity index (χ1) is 10.9. The second-order valence-electron chi connectivity index (χ2n) is 5.67. The van der Waals surface area contributed by atoms with Crippen LogP contribution in [0.25, 0.3) is 5.69 Å². The van der Waals surface area contributed by atoms with Gasteiger partial charge < -0.3 is 10.4 Å². The molecule has 0 saturated heterocycles. The second kappa shape index (κ2) is 7.15. The lowest BCUT2D eigenvalue weighted by Crippen LogP contribution is -2.42. The second-order valence-corrected chi connectivity index (χ2v) is 6.08. The van der Waals surface area contributed by atoms with Gasteiger partial charge >= 0.3 is 0 Å². The molecule has 0 atom stereocenters. The average molecular weight is 336 g/mol. The Morgan fingerprint density at radius 3 is 2.61 bits per heavy atom. The minimum Gasteiger partial charge on any atom is -0.388 e. The Labute approximate surface area is 141 Å². The molecule has 1 aromatic heterocycles. The fraction of sp³-hybridized carbons (Fsp3) is 0.412. The van der Waals surface area contributed by atoms with Crippen molar-refractivity contribution in [1.29, 1.82) is 0 Å². The zero-order valence-electron chi connectivity index (χ0n) is 13.6. The summed E-state index contributed by atoms with van der Waals surface area (Å²) in [5.41, 5.74) is 0.919. The predicted octanol–water partition coefficient (Wildman–Crippen LogP) is 3.12. The van der Waals surface area contributed by atoms with Crippen molar-refractivity contribution >= 4 is 17.5 Å². The van der Waals surface area contributed by atoms with E-state index in [1.807, 2.05) is 39.0 Å². The van der Waals surface area contributed by atoms with E-state index in [1.54, 1.807) is 16.9 Å². The van der Waals surface area contributed by atoms with E-state index < -0.39 is 5.60 Å². The van der Waals surface area contributed by atoms with Gasteiger partial charge in [0.2, 0.25) is 0 Å². The first-order valence-corrected chi connectivity index (χ1v) is 8.09. The molecule has 23 heavy (non-hydrogen) atoms. The number of rotatable bonds is 6. The number of carbonyl (C=O) groups excluding carboxylic acids is 1. The monoisotopic (exact) mass is 335 g/mol. The zero-order chi connectivity index (χ0) is 17.0. The first-order valence-electron chi connectivity index (χ1n) is 7.72. The van der Waals surface area contributed by atoms with Crippen molar-refractivity contribution in [1.82, 2.24) is 15.1 Å². The molecule has 1 heterocycles. The van der Waals surface area contributed by atoms with Gasteiger partial charge in [-0.2, -0.15) is 5.10 Å². The van der Waals surface area contributed by atoms with E-state index in [-0.39, 0.29) is 12.5 Å². The molecule has 0 spiro atoms. The highest BCUT2D eigenvalue weighted by Gasteiger charge is 2.24. The number of aliphatic hydroxyl groups is 1. The van der Waals surface area contributed by atoms with E-state index >= 15 is 0 Å². The van der Waals surface area contributed by atoms with Crippen LogP contribution in [0.5, 0.6) is 0 Å². The lowest BCUT2D eigenvalue weighted by molar-refractivity contribution is 0.0313. The Kier molecular flexibility index (Phi) is 5.44.